The molecule has 27 heavy (non-hydrogen) atoms. The molecule has 5 heterocycles. The van der Waals surface area contributed by atoms with Crippen LogP contribution in [0.5, 0.6) is 0 Å². The van der Waals surface area contributed by atoms with E-state index in [0.717, 1.165) is 16.8 Å². The molecule has 0 saturated heterocycles. The van der Waals surface area contributed by atoms with Crippen LogP contribution in [0.15, 0.2) is 43.2 Å². The molecule has 11 nitrogen and oxygen atoms in total. The molecule has 0 amide bonds. The molecule has 0 aliphatic heterocycles. The lowest BCUT2D eigenvalue weighted by molar-refractivity contribution is 0.269. The average molecular weight is 362 g/mol. The van der Waals surface area contributed by atoms with Gasteiger partial charge >= 0.3 is 0 Å². The highest BCUT2D eigenvalue weighted by atomic mass is 16.3. The smallest absolute Gasteiger partial charge is 0.221 e. The van der Waals surface area contributed by atoms with Gasteiger partial charge < -0.3 is 5.11 Å². The molecule has 0 aliphatic rings. The zero-order valence-corrected chi connectivity index (χ0v) is 14.1. The number of rotatable bonds is 5. The second-order valence-corrected chi connectivity index (χ2v) is 5.97. The van der Waals surface area contributed by atoms with E-state index in [2.05, 4.69) is 35.5 Å². The maximum Gasteiger partial charge on any atom is 0.221 e. The van der Waals surface area contributed by atoms with Gasteiger partial charge in [0.1, 0.15) is 6.33 Å². The van der Waals surface area contributed by atoms with Gasteiger partial charge in [0.25, 0.3) is 0 Å². The van der Waals surface area contributed by atoms with E-state index in [0.29, 0.717) is 30.1 Å². The van der Waals surface area contributed by atoms with Gasteiger partial charge in [-0.05, 0) is 11.6 Å². The number of hydrogen-bond donors (Lipinski definition) is 1. The summed E-state index contributed by atoms with van der Waals surface area (Å²) in [6.45, 7) is 0.937. The van der Waals surface area contributed by atoms with Crippen molar-refractivity contribution in [3.63, 3.8) is 0 Å². The van der Waals surface area contributed by atoms with E-state index < -0.39 is 0 Å². The van der Waals surface area contributed by atoms with Crippen LogP contribution in [0.25, 0.3) is 28.2 Å². The zero-order valence-electron chi connectivity index (χ0n) is 14.1. The largest absolute Gasteiger partial charge is 0.394 e. The van der Waals surface area contributed by atoms with Crippen LogP contribution < -0.4 is 0 Å². The topological polar surface area (TPSA) is 125 Å². The Morgan fingerprint density at radius 1 is 1.04 bits per heavy atom. The van der Waals surface area contributed by atoms with E-state index >= 15 is 0 Å². The van der Waals surface area contributed by atoms with E-state index in [1.54, 1.807) is 26.3 Å². The van der Waals surface area contributed by atoms with Crippen molar-refractivity contribution in [1.82, 2.24) is 49.3 Å². The molecule has 1 N–H and O–H groups in total. The first kappa shape index (κ1) is 15.5. The third-order valence-electron chi connectivity index (χ3n) is 4.15. The van der Waals surface area contributed by atoms with Crippen LogP contribution in [0.1, 0.15) is 5.56 Å². The molecular formula is C16H14N10O. The fourth-order valence-corrected chi connectivity index (χ4v) is 2.85. The quantitative estimate of drug-likeness (QED) is 0.469. The fraction of sp³-hybridized carbons (Fsp3) is 0.188. The van der Waals surface area contributed by atoms with Gasteiger partial charge in [0.2, 0.25) is 5.65 Å². The van der Waals surface area contributed by atoms with E-state index in [1.165, 1.54) is 6.33 Å². The minimum absolute atomic E-state index is 0.0264. The lowest BCUT2D eigenvalue weighted by Crippen LogP contribution is -2.05. The summed E-state index contributed by atoms with van der Waals surface area (Å²) in [5, 5.41) is 25.6. The highest BCUT2D eigenvalue weighted by Crippen LogP contribution is 2.18. The lowest BCUT2D eigenvalue weighted by Gasteiger charge is -2.03. The average Bonchev–Trinajstić information content (AvgIpc) is 3.41. The van der Waals surface area contributed by atoms with E-state index in [1.807, 2.05) is 24.5 Å². The first-order valence-corrected chi connectivity index (χ1v) is 8.28. The predicted octanol–water partition coefficient (Wildman–Crippen LogP) is 0.168. The summed E-state index contributed by atoms with van der Waals surface area (Å²) < 4.78 is 5.06. The zero-order chi connectivity index (χ0) is 18.2. The molecule has 0 bridgehead atoms. The van der Waals surface area contributed by atoms with Crippen molar-refractivity contribution in [2.24, 2.45) is 0 Å². The number of pyridine rings is 1. The summed E-state index contributed by atoms with van der Waals surface area (Å²) in [6, 6.07) is 3.86. The molecule has 5 aromatic heterocycles. The van der Waals surface area contributed by atoms with E-state index in [4.69, 9.17) is 5.11 Å². The van der Waals surface area contributed by atoms with Crippen LogP contribution >= 0.6 is 0 Å². The number of hydrogen-bond acceptors (Lipinski definition) is 8. The van der Waals surface area contributed by atoms with E-state index in [9.17, 15) is 0 Å². The molecular weight excluding hydrogens is 348 g/mol. The Morgan fingerprint density at radius 2 is 2.00 bits per heavy atom. The Bertz CT molecular complexity index is 1240. The molecule has 5 aromatic rings. The van der Waals surface area contributed by atoms with Crippen LogP contribution in [0.2, 0.25) is 0 Å². The van der Waals surface area contributed by atoms with Gasteiger partial charge in [-0.25, -0.2) is 24.1 Å². The minimum Gasteiger partial charge on any atom is -0.394 e. The van der Waals surface area contributed by atoms with Crippen molar-refractivity contribution >= 4 is 16.9 Å². The molecule has 0 saturated carbocycles. The van der Waals surface area contributed by atoms with Crippen LogP contribution in [0.3, 0.4) is 0 Å². The molecule has 0 fully saturated rings. The van der Waals surface area contributed by atoms with Gasteiger partial charge in [-0.1, -0.05) is 11.3 Å². The third-order valence-corrected chi connectivity index (χ3v) is 4.15. The Labute approximate surface area is 151 Å². The van der Waals surface area contributed by atoms with Gasteiger partial charge in [0.05, 0.1) is 37.8 Å². The monoisotopic (exact) mass is 362 g/mol. The van der Waals surface area contributed by atoms with Crippen molar-refractivity contribution < 1.29 is 5.11 Å². The first-order valence-electron chi connectivity index (χ1n) is 8.28. The van der Waals surface area contributed by atoms with Crippen LogP contribution in [-0.4, -0.2) is 61.1 Å². The molecule has 0 aliphatic carbocycles. The molecule has 5 rings (SSSR count). The predicted molar refractivity (Wildman–Crippen MR) is 93.5 cm³/mol. The Hall–Kier alpha value is -3.73. The second kappa shape index (κ2) is 6.21. The maximum atomic E-state index is 9.02. The van der Waals surface area contributed by atoms with Gasteiger partial charge in [0.15, 0.2) is 11.3 Å². The second-order valence-electron chi connectivity index (χ2n) is 5.97. The van der Waals surface area contributed by atoms with Gasteiger partial charge in [0, 0.05) is 18.0 Å². The molecule has 0 aromatic carbocycles. The highest BCUT2D eigenvalue weighted by Gasteiger charge is 2.12. The third kappa shape index (κ3) is 2.79. The van der Waals surface area contributed by atoms with Crippen molar-refractivity contribution in [3.8, 4) is 11.3 Å². The number of fused-ring (bicyclic) bond motifs is 2. The Morgan fingerprint density at radius 3 is 2.93 bits per heavy atom. The number of aromatic nitrogens is 10. The van der Waals surface area contributed by atoms with Crippen molar-refractivity contribution in [3.05, 3.63) is 48.8 Å². The number of aliphatic hydroxyl groups excluding tert-OH is 1. The summed E-state index contributed by atoms with van der Waals surface area (Å²) in [5.74, 6) is 0. The number of nitrogens with zero attached hydrogens (tertiary/aromatic N) is 10. The van der Waals surface area contributed by atoms with Crippen LogP contribution in [0, 0.1) is 0 Å². The van der Waals surface area contributed by atoms with Crippen LogP contribution in [-0.2, 0) is 13.1 Å². The van der Waals surface area contributed by atoms with Crippen molar-refractivity contribution in [1.29, 1.82) is 0 Å². The summed E-state index contributed by atoms with van der Waals surface area (Å²) >= 11 is 0. The Kier molecular flexibility index (Phi) is 3.57. The highest BCUT2D eigenvalue weighted by molar-refractivity contribution is 5.69. The molecule has 0 atom stereocenters. The van der Waals surface area contributed by atoms with Gasteiger partial charge in [-0.15, -0.1) is 5.10 Å². The standard InChI is InChI=1S/C16H14N10O/c27-4-3-24-9-12(5-19-24)13-6-17-15-16(21-13)26(23-22-15)8-11-1-2-14-18-10-20-25(14)7-11/h1-2,5-7,9-10,27H,3-4,8H2. The number of aliphatic hydroxyl groups is 1. The fourth-order valence-electron chi connectivity index (χ4n) is 2.85. The van der Waals surface area contributed by atoms with Crippen LogP contribution in [0.4, 0.5) is 0 Å². The molecule has 11 heteroatoms. The van der Waals surface area contributed by atoms with Crippen molar-refractivity contribution in [2.75, 3.05) is 6.61 Å². The SMILES string of the molecule is OCCn1cc(-c2cnc3nnn(Cc4ccc5ncnn5c4)c3n2)cn1. The molecule has 0 radical (unpaired) electrons. The van der Waals surface area contributed by atoms with Crippen molar-refractivity contribution in [2.45, 2.75) is 13.1 Å². The molecule has 134 valence electrons. The summed E-state index contributed by atoms with van der Waals surface area (Å²) in [5.41, 5.74) is 4.31. The summed E-state index contributed by atoms with van der Waals surface area (Å²) in [7, 11) is 0. The summed E-state index contributed by atoms with van der Waals surface area (Å²) in [4.78, 5) is 13.1. The maximum absolute atomic E-state index is 9.02. The minimum atomic E-state index is 0.0264. The lowest BCUT2D eigenvalue weighted by atomic mass is 10.2. The van der Waals surface area contributed by atoms with Gasteiger partial charge in [-0.3, -0.25) is 4.68 Å². The van der Waals surface area contributed by atoms with Gasteiger partial charge in [-0.2, -0.15) is 10.2 Å². The molecule has 0 spiro atoms. The normalized spacial score (nSPS) is 11.6. The Balaban J connectivity index is 1.50. The first-order chi connectivity index (χ1) is 13.3. The summed E-state index contributed by atoms with van der Waals surface area (Å²) in [6.07, 6.45) is 8.56. The van der Waals surface area contributed by atoms with E-state index in [-0.39, 0.29) is 6.61 Å². The molecule has 0 unspecified atom stereocenters.